The third-order valence-electron chi connectivity index (χ3n) is 6.22. The molecule has 1 aliphatic rings. The molecule has 2 N–H and O–H groups in total. The van der Waals surface area contributed by atoms with Gasteiger partial charge in [-0.15, -0.1) is 24.0 Å². The number of hydrogen-bond acceptors (Lipinski definition) is 3. The lowest BCUT2D eigenvalue weighted by Crippen LogP contribution is -2.44. The van der Waals surface area contributed by atoms with Crippen LogP contribution in [0.1, 0.15) is 35.9 Å². The predicted octanol–water partition coefficient (Wildman–Crippen LogP) is 4.19. The summed E-state index contributed by atoms with van der Waals surface area (Å²) in [4.78, 5) is 11.3. The maximum atomic E-state index is 4.46. The molecule has 0 radical (unpaired) electrons. The van der Waals surface area contributed by atoms with Gasteiger partial charge in [-0.25, -0.2) is 4.98 Å². The Morgan fingerprint density at radius 1 is 1.06 bits per heavy atom. The van der Waals surface area contributed by atoms with Gasteiger partial charge >= 0.3 is 0 Å². The van der Waals surface area contributed by atoms with Gasteiger partial charge in [-0.3, -0.25) is 9.89 Å². The van der Waals surface area contributed by atoms with Crippen molar-refractivity contribution in [1.29, 1.82) is 0 Å². The van der Waals surface area contributed by atoms with E-state index in [1.807, 2.05) is 26.4 Å². The normalized spacial score (nSPS) is 18.7. The maximum absolute atomic E-state index is 4.46. The number of hydrogen-bond donors (Lipinski definition) is 2. The van der Waals surface area contributed by atoms with Gasteiger partial charge in [-0.2, -0.15) is 0 Å². The van der Waals surface area contributed by atoms with Crippen molar-refractivity contribution in [1.82, 2.24) is 25.1 Å². The average Bonchev–Trinajstić information content (AvgIpc) is 3.36. The van der Waals surface area contributed by atoms with Crippen LogP contribution in [0.25, 0.3) is 0 Å². The minimum atomic E-state index is 0. The molecular weight excluding hydrogens is 523 g/mol. The van der Waals surface area contributed by atoms with E-state index >= 15 is 0 Å². The minimum absolute atomic E-state index is 0. The van der Waals surface area contributed by atoms with Crippen LogP contribution in [-0.2, 0) is 19.6 Å². The van der Waals surface area contributed by atoms with E-state index in [1.54, 1.807) is 0 Å². The van der Waals surface area contributed by atoms with Gasteiger partial charge in [-0.05, 0) is 37.0 Å². The van der Waals surface area contributed by atoms with Gasteiger partial charge in [0, 0.05) is 57.7 Å². The van der Waals surface area contributed by atoms with Crippen LogP contribution in [0.2, 0.25) is 0 Å². The molecule has 1 aromatic heterocycles. The zero-order valence-corrected chi connectivity index (χ0v) is 22.1. The molecule has 0 saturated carbocycles. The van der Waals surface area contributed by atoms with E-state index in [0.29, 0.717) is 12.1 Å². The second-order valence-corrected chi connectivity index (χ2v) is 8.69. The van der Waals surface area contributed by atoms with Gasteiger partial charge in [0.25, 0.3) is 0 Å². The van der Waals surface area contributed by atoms with Crippen LogP contribution in [0.4, 0.5) is 0 Å². The first-order valence-corrected chi connectivity index (χ1v) is 11.4. The molecule has 0 aliphatic carbocycles. The summed E-state index contributed by atoms with van der Waals surface area (Å²) in [5.74, 6) is 1.89. The van der Waals surface area contributed by atoms with Crippen molar-refractivity contribution in [3.63, 3.8) is 0 Å². The molecule has 6 nitrogen and oxygen atoms in total. The van der Waals surface area contributed by atoms with Gasteiger partial charge in [0.1, 0.15) is 5.82 Å². The van der Waals surface area contributed by atoms with Crippen LogP contribution in [0, 0.1) is 6.92 Å². The Labute approximate surface area is 214 Å². The number of imidazole rings is 1. The average molecular weight is 559 g/mol. The first kappa shape index (κ1) is 25.2. The zero-order chi connectivity index (χ0) is 22.3. The molecule has 0 bridgehead atoms. The fourth-order valence-electron chi connectivity index (χ4n) is 4.42. The molecule has 3 aromatic rings. The quantitative estimate of drug-likeness (QED) is 0.260. The van der Waals surface area contributed by atoms with Gasteiger partial charge in [0.2, 0.25) is 0 Å². The number of likely N-dealkylation sites (tertiary alicyclic amines) is 1. The summed E-state index contributed by atoms with van der Waals surface area (Å²) in [6.07, 6.45) is 4.99. The molecule has 2 aromatic carbocycles. The summed E-state index contributed by atoms with van der Waals surface area (Å²) in [5, 5.41) is 7.12. The second kappa shape index (κ2) is 12.2. The number of halogens is 1. The molecule has 33 heavy (non-hydrogen) atoms. The first-order valence-electron chi connectivity index (χ1n) is 11.4. The first-order chi connectivity index (χ1) is 15.6. The third-order valence-corrected chi connectivity index (χ3v) is 6.22. The molecule has 1 saturated heterocycles. The summed E-state index contributed by atoms with van der Waals surface area (Å²) >= 11 is 0. The van der Waals surface area contributed by atoms with Crippen LogP contribution in [0.3, 0.4) is 0 Å². The van der Waals surface area contributed by atoms with E-state index in [4.69, 9.17) is 0 Å². The molecule has 2 unspecified atom stereocenters. The van der Waals surface area contributed by atoms with Crippen LogP contribution in [0.15, 0.2) is 72.0 Å². The van der Waals surface area contributed by atoms with Crippen LogP contribution >= 0.6 is 24.0 Å². The van der Waals surface area contributed by atoms with Gasteiger partial charge < -0.3 is 15.2 Å². The highest BCUT2D eigenvalue weighted by Crippen LogP contribution is 2.20. The Kier molecular flexibility index (Phi) is 9.31. The Morgan fingerprint density at radius 2 is 1.82 bits per heavy atom. The Balaban J connectivity index is 0.00000306. The van der Waals surface area contributed by atoms with Crippen molar-refractivity contribution < 1.29 is 0 Å². The van der Waals surface area contributed by atoms with Gasteiger partial charge in [0.15, 0.2) is 5.96 Å². The molecule has 4 rings (SSSR count). The number of nitrogens with zero attached hydrogens (tertiary/aromatic N) is 4. The fraction of sp³-hybridized carbons (Fsp3) is 0.385. The lowest BCUT2D eigenvalue weighted by atomic mass is 10.1. The number of benzene rings is 2. The lowest BCUT2D eigenvalue weighted by molar-refractivity contribution is 0.258. The van der Waals surface area contributed by atoms with E-state index in [0.717, 1.165) is 44.4 Å². The highest BCUT2D eigenvalue weighted by atomic mass is 127. The summed E-state index contributed by atoms with van der Waals surface area (Å²) < 4.78 is 2.16. The van der Waals surface area contributed by atoms with Gasteiger partial charge in [-0.1, -0.05) is 54.6 Å². The lowest BCUT2D eigenvalue weighted by Gasteiger charge is -2.21. The Hall–Kier alpha value is -2.39. The molecule has 1 aliphatic heterocycles. The number of aliphatic imine (C=N–C) groups is 1. The van der Waals surface area contributed by atoms with Crippen molar-refractivity contribution in [3.05, 3.63) is 89.5 Å². The molecule has 2 atom stereocenters. The van der Waals surface area contributed by atoms with Crippen LogP contribution in [-0.4, -0.2) is 46.1 Å². The topological polar surface area (TPSA) is 57.5 Å². The number of aromatic nitrogens is 2. The SMILES string of the molecule is CN=C(NCc1cccc(Cn2ccnc2C)c1)NC1CC(C)N(Cc2ccccc2)C1.I. The highest BCUT2D eigenvalue weighted by molar-refractivity contribution is 14.0. The number of aryl methyl sites for hydroxylation is 1. The van der Waals surface area contributed by atoms with Crippen molar-refractivity contribution in [2.24, 2.45) is 4.99 Å². The Bertz CT molecular complexity index is 1030. The van der Waals surface area contributed by atoms with E-state index in [9.17, 15) is 0 Å². The van der Waals surface area contributed by atoms with E-state index < -0.39 is 0 Å². The fourth-order valence-corrected chi connectivity index (χ4v) is 4.42. The standard InChI is InChI=1S/C26H34N6.HI/c1-20-14-25(19-32(20)17-22-8-5-4-6-9-22)30-26(27-3)29-16-23-10-7-11-24(15-23)18-31-13-12-28-21(31)2;/h4-13,15,20,25H,14,16-19H2,1-3H3,(H2,27,29,30);1H. The van der Waals surface area contributed by atoms with Crippen LogP contribution < -0.4 is 10.6 Å². The molecule has 0 amide bonds. The van der Waals surface area contributed by atoms with Crippen molar-refractivity contribution in [2.75, 3.05) is 13.6 Å². The van der Waals surface area contributed by atoms with Crippen molar-refractivity contribution in [2.45, 2.75) is 52.0 Å². The summed E-state index contributed by atoms with van der Waals surface area (Å²) in [6, 6.07) is 20.4. The third kappa shape index (κ3) is 7.04. The number of guanidine groups is 1. The predicted molar refractivity (Wildman–Crippen MR) is 146 cm³/mol. The molecule has 2 heterocycles. The Morgan fingerprint density at radius 3 is 2.55 bits per heavy atom. The van der Waals surface area contributed by atoms with Crippen molar-refractivity contribution >= 4 is 29.9 Å². The van der Waals surface area contributed by atoms with E-state index in [2.05, 4.69) is 91.6 Å². The second-order valence-electron chi connectivity index (χ2n) is 8.69. The molecular formula is C26H35IN6. The molecule has 0 spiro atoms. The number of rotatable bonds is 7. The summed E-state index contributed by atoms with van der Waals surface area (Å²) in [5.41, 5.74) is 3.89. The van der Waals surface area contributed by atoms with E-state index in [1.165, 1.54) is 16.7 Å². The molecule has 7 heteroatoms. The van der Waals surface area contributed by atoms with E-state index in [-0.39, 0.29) is 24.0 Å². The van der Waals surface area contributed by atoms with Crippen molar-refractivity contribution in [3.8, 4) is 0 Å². The van der Waals surface area contributed by atoms with Gasteiger partial charge in [0.05, 0.1) is 0 Å². The molecule has 176 valence electrons. The highest BCUT2D eigenvalue weighted by Gasteiger charge is 2.29. The minimum Gasteiger partial charge on any atom is -0.352 e. The number of nitrogens with one attached hydrogen (secondary N) is 2. The monoisotopic (exact) mass is 558 g/mol. The largest absolute Gasteiger partial charge is 0.352 e. The summed E-state index contributed by atoms with van der Waals surface area (Å²) in [7, 11) is 1.84. The van der Waals surface area contributed by atoms with Crippen LogP contribution in [0.5, 0.6) is 0 Å². The molecule has 1 fully saturated rings. The smallest absolute Gasteiger partial charge is 0.191 e. The summed E-state index contributed by atoms with van der Waals surface area (Å²) in [6.45, 7) is 7.95. The maximum Gasteiger partial charge on any atom is 0.191 e. The zero-order valence-electron chi connectivity index (χ0n) is 19.7.